The van der Waals surface area contributed by atoms with Crippen LogP contribution >= 0.6 is 0 Å². The van der Waals surface area contributed by atoms with Crippen molar-refractivity contribution in [2.75, 3.05) is 36.4 Å². The van der Waals surface area contributed by atoms with Gasteiger partial charge >= 0.3 is 12.2 Å². The van der Waals surface area contributed by atoms with Gasteiger partial charge in [0.2, 0.25) is 0 Å². The predicted octanol–water partition coefficient (Wildman–Crippen LogP) is 2.80. The van der Waals surface area contributed by atoms with E-state index in [1.807, 2.05) is 0 Å². The zero-order valence-corrected chi connectivity index (χ0v) is 16.2. The average Bonchev–Trinajstić information content (AvgIpc) is 2.71. The smallest absolute Gasteiger partial charge is 0.354 e. The fourth-order valence-electron chi connectivity index (χ4n) is 3.56. The Hall–Kier alpha value is -3.09. The first-order valence-corrected chi connectivity index (χ1v) is 9.39. The van der Waals surface area contributed by atoms with Crippen LogP contribution in [-0.2, 0) is 6.18 Å². The zero-order valence-electron chi connectivity index (χ0n) is 16.2. The molecular formula is C18H18F5N7O. The number of aromatic nitrogens is 3. The number of urea groups is 1. The monoisotopic (exact) mass is 443 g/mol. The predicted molar refractivity (Wildman–Crippen MR) is 101 cm³/mol. The molecule has 0 bridgehead atoms. The molecule has 0 aliphatic carbocycles. The summed E-state index contributed by atoms with van der Waals surface area (Å²) in [4.78, 5) is 25.5. The number of carbonyl (C=O) groups is 1. The van der Waals surface area contributed by atoms with Gasteiger partial charge in [0.25, 0.3) is 5.92 Å². The summed E-state index contributed by atoms with van der Waals surface area (Å²) in [5.74, 6) is -3.58. The van der Waals surface area contributed by atoms with E-state index < -0.39 is 29.7 Å². The molecule has 4 rings (SSSR count). The Kier molecular flexibility index (Phi) is 5.15. The normalized spacial score (nSPS) is 19.5. The van der Waals surface area contributed by atoms with Gasteiger partial charge in [-0.15, -0.1) is 0 Å². The van der Waals surface area contributed by atoms with Crippen LogP contribution in [-0.4, -0.2) is 53.1 Å². The van der Waals surface area contributed by atoms with Crippen molar-refractivity contribution in [1.29, 1.82) is 0 Å². The van der Waals surface area contributed by atoms with Gasteiger partial charge in [-0.3, -0.25) is 5.32 Å². The summed E-state index contributed by atoms with van der Waals surface area (Å²) >= 11 is 0. The Morgan fingerprint density at radius 1 is 1.10 bits per heavy atom. The third-order valence-electron chi connectivity index (χ3n) is 5.01. The molecule has 8 nitrogen and oxygen atoms in total. The lowest BCUT2D eigenvalue weighted by molar-refractivity contribution is -0.137. The molecular weight excluding hydrogens is 425 g/mol. The molecule has 166 valence electrons. The zero-order chi connectivity index (χ0) is 22.4. The number of pyridine rings is 1. The summed E-state index contributed by atoms with van der Waals surface area (Å²) in [6.45, 7) is 2.59. The van der Waals surface area contributed by atoms with Gasteiger partial charge in [0, 0.05) is 33.1 Å². The summed E-state index contributed by atoms with van der Waals surface area (Å²) in [5.41, 5.74) is -1.67. The molecule has 3 N–H and O–H groups in total. The van der Waals surface area contributed by atoms with E-state index in [9.17, 15) is 26.7 Å². The van der Waals surface area contributed by atoms with Gasteiger partial charge < -0.3 is 15.5 Å². The van der Waals surface area contributed by atoms with Crippen LogP contribution in [0.2, 0.25) is 0 Å². The van der Waals surface area contributed by atoms with E-state index in [2.05, 4.69) is 30.9 Å². The van der Waals surface area contributed by atoms with Crippen molar-refractivity contribution in [3.05, 3.63) is 29.6 Å². The van der Waals surface area contributed by atoms with E-state index in [1.165, 1.54) is 0 Å². The standard InChI is InChI=1S/C18H18F5N7O/c1-17(19,20)14-12-13(25-8-26-15(12)29-16(31)28-14)10-6-9(18(21,22)23)7-11(27-10)30-4-2-24-3-5-30/h6-8,14,24H,2-5H2,1H3,(H2,25,26,28,29,31). The van der Waals surface area contributed by atoms with Crippen LogP contribution in [0.25, 0.3) is 11.4 Å². The topological polar surface area (TPSA) is 95.1 Å². The maximum Gasteiger partial charge on any atom is 0.416 e. The molecule has 2 aliphatic heterocycles. The van der Waals surface area contributed by atoms with Gasteiger partial charge in [0.05, 0.1) is 22.5 Å². The van der Waals surface area contributed by atoms with Gasteiger partial charge in [0.15, 0.2) is 0 Å². The quantitative estimate of drug-likeness (QED) is 0.632. The number of hydrogen-bond donors (Lipinski definition) is 3. The molecule has 4 heterocycles. The van der Waals surface area contributed by atoms with Crippen molar-refractivity contribution >= 4 is 17.7 Å². The first kappa shape index (κ1) is 21.2. The molecule has 0 radical (unpaired) electrons. The minimum absolute atomic E-state index is 0.0614. The van der Waals surface area contributed by atoms with Gasteiger partial charge in [0.1, 0.15) is 24.0 Å². The Balaban J connectivity index is 1.90. The fourth-order valence-corrected chi connectivity index (χ4v) is 3.56. The van der Waals surface area contributed by atoms with Gasteiger partial charge in [-0.05, 0) is 12.1 Å². The molecule has 1 unspecified atom stereocenters. The highest BCUT2D eigenvalue weighted by Crippen LogP contribution is 2.42. The van der Waals surface area contributed by atoms with Crippen LogP contribution in [0.15, 0.2) is 18.5 Å². The summed E-state index contributed by atoms with van der Waals surface area (Å²) in [5, 5.41) is 7.49. The van der Waals surface area contributed by atoms with Crippen molar-refractivity contribution in [2.45, 2.75) is 25.1 Å². The van der Waals surface area contributed by atoms with Gasteiger partial charge in [-0.25, -0.2) is 28.5 Å². The van der Waals surface area contributed by atoms with Crippen LogP contribution in [0.1, 0.15) is 24.1 Å². The van der Waals surface area contributed by atoms with E-state index in [0.29, 0.717) is 33.1 Å². The molecule has 2 aliphatic rings. The van der Waals surface area contributed by atoms with Crippen molar-refractivity contribution < 1.29 is 26.7 Å². The highest BCUT2D eigenvalue weighted by Gasteiger charge is 2.44. The van der Waals surface area contributed by atoms with Gasteiger partial charge in [-0.1, -0.05) is 0 Å². The first-order chi connectivity index (χ1) is 14.5. The summed E-state index contributed by atoms with van der Waals surface area (Å²) in [6.07, 6.45) is -3.70. The third kappa shape index (κ3) is 4.22. The lowest BCUT2D eigenvalue weighted by Gasteiger charge is -2.32. The van der Waals surface area contributed by atoms with Crippen LogP contribution in [0.3, 0.4) is 0 Å². The molecule has 2 amide bonds. The molecule has 1 fully saturated rings. The highest BCUT2D eigenvalue weighted by molar-refractivity contribution is 5.93. The Morgan fingerprint density at radius 2 is 1.81 bits per heavy atom. The van der Waals surface area contributed by atoms with E-state index in [0.717, 1.165) is 18.5 Å². The molecule has 31 heavy (non-hydrogen) atoms. The van der Waals surface area contributed by atoms with Crippen molar-refractivity contribution in [1.82, 2.24) is 25.6 Å². The molecule has 0 saturated carbocycles. The largest absolute Gasteiger partial charge is 0.416 e. The number of carbonyl (C=O) groups excluding carboxylic acids is 1. The number of alkyl halides is 5. The lowest BCUT2D eigenvalue weighted by Crippen LogP contribution is -2.45. The second kappa shape index (κ2) is 7.55. The van der Waals surface area contributed by atoms with Crippen LogP contribution in [0.5, 0.6) is 0 Å². The minimum Gasteiger partial charge on any atom is -0.354 e. The van der Waals surface area contributed by atoms with E-state index in [-0.39, 0.29) is 28.6 Å². The molecule has 2 aromatic rings. The summed E-state index contributed by atoms with van der Waals surface area (Å²) in [7, 11) is 0. The third-order valence-corrected chi connectivity index (χ3v) is 5.01. The van der Waals surface area contributed by atoms with E-state index in [4.69, 9.17) is 0 Å². The molecule has 2 aromatic heterocycles. The van der Waals surface area contributed by atoms with Crippen LogP contribution in [0, 0.1) is 0 Å². The first-order valence-electron chi connectivity index (χ1n) is 9.39. The Morgan fingerprint density at radius 3 is 2.45 bits per heavy atom. The van der Waals surface area contributed by atoms with E-state index >= 15 is 0 Å². The second-order valence-electron chi connectivity index (χ2n) is 7.31. The number of piperazine rings is 1. The maximum absolute atomic E-state index is 14.3. The van der Waals surface area contributed by atoms with E-state index in [1.54, 1.807) is 4.90 Å². The summed E-state index contributed by atoms with van der Waals surface area (Å²) in [6, 6.07) is -1.06. The molecule has 0 aromatic carbocycles. The van der Waals surface area contributed by atoms with Crippen molar-refractivity contribution in [3.8, 4) is 11.4 Å². The molecule has 13 heteroatoms. The number of halogens is 5. The second-order valence-corrected chi connectivity index (χ2v) is 7.31. The number of rotatable bonds is 3. The minimum atomic E-state index is -4.69. The average molecular weight is 443 g/mol. The van der Waals surface area contributed by atoms with Gasteiger partial charge in [-0.2, -0.15) is 13.2 Å². The number of nitrogens with one attached hydrogen (secondary N) is 3. The van der Waals surface area contributed by atoms with Crippen LogP contribution in [0.4, 0.5) is 38.4 Å². The molecule has 1 saturated heterocycles. The number of nitrogens with zero attached hydrogens (tertiary/aromatic N) is 4. The molecule has 0 spiro atoms. The number of fused-ring (bicyclic) bond motifs is 1. The fraction of sp³-hybridized carbons (Fsp3) is 0.444. The SMILES string of the molecule is CC(F)(F)C1NC(=O)Nc2ncnc(-c3cc(C(F)(F)F)cc(N4CCNCC4)n3)c21. The number of hydrogen-bond acceptors (Lipinski definition) is 6. The number of amides is 2. The summed E-state index contributed by atoms with van der Waals surface area (Å²) < 4.78 is 69.4. The van der Waals surface area contributed by atoms with Crippen LogP contribution < -0.4 is 20.9 Å². The Labute approximate surface area is 173 Å². The highest BCUT2D eigenvalue weighted by atomic mass is 19.4. The Bertz CT molecular complexity index is 1000. The maximum atomic E-state index is 14.3. The van der Waals surface area contributed by atoms with Crippen molar-refractivity contribution in [3.63, 3.8) is 0 Å². The van der Waals surface area contributed by atoms with Crippen molar-refractivity contribution in [2.24, 2.45) is 0 Å². The molecule has 1 atom stereocenters. The number of anilines is 2. The lowest BCUT2D eigenvalue weighted by atomic mass is 9.96.